The molecule has 0 aliphatic carbocycles. The normalized spacial score (nSPS) is 14.4. The molecule has 0 aliphatic rings. The molecule has 120 valence electrons. The number of halogens is 12. The van der Waals surface area contributed by atoms with E-state index in [0.29, 0.717) is 0 Å². The first kappa shape index (κ1) is 18.8. The van der Waals surface area contributed by atoms with Crippen LogP contribution in [0.15, 0.2) is 11.9 Å². The van der Waals surface area contributed by atoms with Crippen LogP contribution in [-0.4, -0.2) is 24.3 Å². The summed E-state index contributed by atoms with van der Waals surface area (Å²) >= 11 is 0. The molecule has 2 nitrogen and oxygen atoms in total. The van der Waals surface area contributed by atoms with Gasteiger partial charge in [-0.1, -0.05) is 0 Å². The average molecular weight is 332 g/mol. The van der Waals surface area contributed by atoms with Gasteiger partial charge < -0.3 is 0 Å². The lowest BCUT2D eigenvalue weighted by atomic mass is 10.3. The number of alkyl halides is 9. The van der Waals surface area contributed by atoms with Crippen molar-refractivity contribution < 1.29 is 62.5 Å². The molecule has 0 saturated carbocycles. The van der Waals surface area contributed by atoms with Crippen molar-refractivity contribution in [2.24, 2.45) is 0 Å². The van der Waals surface area contributed by atoms with Crippen LogP contribution in [0.2, 0.25) is 0 Å². The highest BCUT2D eigenvalue weighted by molar-refractivity contribution is 4.99. The van der Waals surface area contributed by atoms with Gasteiger partial charge in [-0.15, -0.1) is 9.78 Å². The van der Waals surface area contributed by atoms with E-state index in [1.165, 1.54) is 0 Å². The summed E-state index contributed by atoms with van der Waals surface area (Å²) in [5.74, 6) is -10.8. The lowest BCUT2D eigenvalue weighted by Gasteiger charge is -2.27. The van der Waals surface area contributed by atoms with Gasteiger partial charge >= 0.3 is 30.4 Å². The molecule has 0 heterocycles. The molecule has 14 heteroatoms. The molecule has 0 aliphatic heterocycles. The molecule has 0 saturated heterocycles. The van der Waals surface area contributed by atoms with E-state index in [9.17, 15) is 52.7 Å². The van der Waals surface area contributed by atoms with E-state index in [-0.39, 0.29) is 0 Å². The van der Waals surface area contributed by atoms with Crippen LogP contribution in [0.5, 0.6) is 0 Å². The molecule has 0 radical (unpaired) electrons. The van der Waals surface area contributed by atoms with E-state index in [1.807, 2.05) is 4.89 Å². The quantitative estimate of drug-likeness (QED) is 0.422. The zero-order valence-corrected chi connectivity index (χ0v) is 8.35. The Morgan fingerprint density at radius 3 is 1.35 bits per heavy atom. The SMILES string of the molecule is FC(F)=C(F)C(F)(F)OOC(F)(F)C(F)(F)C(F)(F)F. The molecule has 0 rings (SSSR count). The van der Waals surface area contributed by atoms with Gasteiger partial charge in [0.1, 0.15) is 0 Å². The zero-order chi connectivity index (χ0) is 16.6. The molecular weight excluding hydrogens is 332 g/mol. The molecule has 0 atom stereocenters. The molecule has 0 N–H and O–H groups in total. The third-order valence-electron chi connectivity index (χ3n) is 1.39. The third kappa shape index (κ3) is 3.68. The van der Waals surface area contributed by atoms with Gasteiger partial charge in [-0.05, 0) is 0 Å². The summed E-state index contributed by atoms with van der Waals surface area (Å²) in [7, 11) is 0. The molecular formula is C6F12O2. The van der Waals surface area contributed by atoms with E-state index in [2.05, 4.69) is 0 Å². The van der Waals surface area contributed by atoms with Gasteiger partial charge in [0, 0.05) is 0 Å². The van der Waals surface area contributed by atoms with Crippen molar-refractivity contribution in [3.05, 3.63) is 11.9 Å². The maximum Gasteiger partial charge on any atom is 0.462 e. The largest absolute Gasteiger partial charge is 0.462 e. The average Bonchev–Trinajstić information content (AvgIpc) is 2.23. The molecule has 20 heavy (non-hydrogen) atoms. The molecule has 0 fully saturated rings. The number of rotatable bonds is 5. The van der Waals surface area contributed by atoms with Crippen molar-refractivity contribution in [1.29, 1.82) is 0 Å². The van der Waals surface area contributed by atoms with E-state index in [0.717, 1.165) is 0 Å². The Kier molecular flexibility index (Phi) is 4.99. The molecule has 0 unspecified atom stereocenters. The summed E-state index contributed by atoms with van der Waals surface area (Å²) in [6.45, 7) is 0. The molecule has 0 aromatic rings. The van der Waals surface area contributed by atoms with E-state index in [1.54, 1.807) is 4.89 Å². The summed E-state index contributed by atoms with van der Waals surface area (Å²) < 4.78 is 142. The minimum atomic E-state index is -7.01. The Hall–Kier alpha value is -1.18. The smallest absolute Gasteiger partial charge is 0.196 e. The van der Waals surface area contributed by atoms with Crippen molar-refractivity contribution in [3.63, 3.8) is 0 Å². The van der Waals surface area contributed by atoms with Gasteiger partial charge in [0.2, 0.25) is 0 Å². The predicted molar refractivity (Wildman–Crippen MR) is 33.4 cm³/mol. The highest BCUT2D eigenvalue weighted by atomic mass is 19.4. The van der Waals surface area contributed by atoms with Crippen LogP contribution in [0.1, 0.15) is 0 Å². The standard InChI is InChI=1S/C6F12O2/c7-1(2(8)9)3(10,11)19-20-6(17,18)4(12,13)5(14,15)16. The van der Waals surface area contributed by atoms with Crippen LogP contribution in [0.4, 0.5) is 52.7 Å². The monoisotopic (exact) mass is 332 g/mol. The first-order valence-corrected chi connectivity index (χ1v) is 3.84. The summed E-state index contributed by atoms with van der Waals surface area (Å²) in [5.41, 5.74) is 0. The van der Waals surface area contributed by atoms with E-state index in [4.69, 9.17) is 0 Å². The van der Waals surface area contributed by atoms with Crippen molar-refractivity contribution in [2.75, 3.05) is 0 Å². The molecule has 0 amide bonds. The summed E-state index contributed by atoms with van der Waals surface area (Å²) in [6, 6.07) is 0. The van der Waals surface area contributed by atoms with Crippen LogP contribution >= 0.6 is 0 Å². The first-order valence-electron chi connectivity index (χ1n) is 3.84. The van der Waals surface area contributed by atoms with Crippen LogP contribution in [0.25, 0.3) is 0 Å². The van der Waals surface area contributed by atoms with Crippen LogP contribution in [0, 0.1) is 0 Å². The lowest BCUT2D eigenvalue weighted by molar-refractivity contribution is -0.558. The maximum atomic E-state index is 12.2. The van der Waals surface area contributed by atoms with Gasteiger partial charge in [-0.25, -0.2) is 0 Å². The van der Waals surface area contributed by atoms with E-state index >= 15 is 0 Å². The Bertz CT molecular complexity index is 378. The topological polar surface area (TPSA) is 18.5 Å². The van der Waals surface area contributed by atoms with Crippen molar-refractivity contribution in [2.45, 2.75) is 24.3 Å². The predicted octanol–water partition coefficient (Wildman–Crippen LogP) is 4.40. The summed E-state index contributed by atoms with van der Waals surface area (Å²) in [5, 5.41) is 0. The fourth-order valence-corrected chi connectivity index (χ4v) is 0.469. The Balaban J connectivity index is 5.12. The Labute approximate surface area is 100 Å². The zero-order valence-electron chi connectivity index (χ0n) is 8.35. The molecule has 0 bridgehead atoms. The van der Waals surface area contributed by atoms with Crippen LogP contribution in [-0.2, 0) is 9.78 Å². The Morgan fingerprint density at radius 2 is 1.05 bits per heavy atom. The van der Waals surface area contributed by atoms with Crippen molar-refractivity contribution in [1.82, 2.24) is 0 Å². The van der Waals surface area contributed by atoms with Crippen molar-refractivity contribution in [3.8, 4) is 0 Å². The fourth-order valence-electron chi connectivity index (χ4n) is 0.469. The fraction of sp³-hybridized carbons (Fsp3) is 0.667. The molecule has 0 aromatic heterocycles. The molecule has 0 spiro atoms. The molecule has 0 aromatic carbocycles. The number of hydrogen-bond donors (Lipinski definition) is 0. The van der Waals surface area contributed by atoms with Gasteiger partial charge in [-0.3, -0.25) is 0 Å². The second-order valence-corrected chi connectivity index (χ2v) is 2.85. The van der Waals surface area contributed by atoms with Gasteiger partial charge in [0.05, 0.1) is 0 Å². The number of hydrogen-bond acceptors (Lipinski definition) is 2. The second kappa shape index (κ2) is 5.31. The maximum absolute atomic E-state index is 12.2. The van der Waals surface area contributed by atoms with Crippen LogP contribution in [0.3, 0.4) is 0 Å². The van der Waals surface area contributed by atoms with Gasteiger partial charge in [-0.2, -0.15) is 52.7 Å². The highest BCUT2D eigenvalue weighted by Crippen LogP contribution is 2.48. The lowest BCUT2D eigenvalue weighted by Crippen LogP contribution is -2.54. The van der Waals surface area contributed by atoms with E-state index < -0.39 is 36.2 Å². The minimum absolute atomic E-state index is 1.80. The van der Waals surface area contributed by atoms with Crippen LogP contribution < -0.4 is 0 Å². The first-order chi connectivity index (χ1) is 8.56. The summed E-state index contributed by atoms with van der Waals surface area (Å²) in [4.78, 5) is 3.72. The highest BCUT2D eigenvalue weighted by Gasteiger charge is 2.76. The van der Waals surface area contributed by atoms with Gasteiger partial charge in [0.15, 0.2) is 0 Å². The summed E-state index contributed by atoms with van der Waals surface area (Å²) in [6.07, 6.45) is -23.5. The second-order valence-electron chi connectivity index (χ2n) is 2.85. The minimum Gasteiger partial charge on any atom is -0.196 e. The third-order valence-corrected chi connectivity index (χ3v) is 1.39. The van der Waals surface area contributed by atoms with Gasteiger partial charge in [0.25, 0.3) is 5.83 Å². The van der Waals surface area contributed by atoms with Crippen molar-refractivity contribution >= 4 is 0 Å². The Morgan fingerprint density at radius 1 is 0.650 bits per heavy atom.